The molecule has 0 saturated heterocycles. The zero-order valence-electron chi connectivity index (χ0n) is 17.4. The Balaban J connectivity index is 1.86. The van der Waals surface area contributed by atoms with Gasteiger partial charge in [0, 0.05) is 11.8 Å². The van der Waals surface area contributed by atoms with Gasteiger partial charge in [-0.3, -0.25) is 0 Å². The second-order valence-corrected chi connectivity index (χ2v) is 7.87. The summed E-state index contributed by atoms with van der Waals surface area (Å²) in [4.78, 5) is 0. The van der Waals surface area contributed by atoms with Crippen LogP contribution in [0.15, 0.2) is 115 Å². The Hall–Kier alpha value is -3.12. The van der Waals surface area contributed by atoms with Gasteiger partial charge in [0.25, 0.3) is 0 Å². The molecule has 1 aliphatic carbocycles. The molecule has 0 heteroatoms. The number of rotatable bonds is 5. The summed E-state index contributed by atoms with van der Waals surface area (Å²) >= 11 is 0. The lowest BCUT2D eigenvalue weighted by molar-refractivity contribution is 0.729. The average molecular weight is 377 g/mol. The molecule has 0 heterocycles. The maximum Gasteiger partial charge on any atom is 0.0207 e. The molecule has 144 valence electrons. The van der Waals surface area contributed by atoms with Crippen LogP contribution in [-0.4, -0.2) is 0 Å². The fourth-order valence-corrected chi connectivity index (χ4v) is 4.59. The number of hydrogen-bond acceptors (Lipinski definition) is 0. The summed E-state index contributed by atoms with van der Waals surface area (Å²) in [5.41, 5.74) is 10.1. The zero-order valence-corrected chi connectivity index (χ0v) is 17.4. The van der Waals surface area contributed by atoms with E-state index >= 15 is 0 Å². The quantitative estimate of drug-likeness (QED) is 0.427. The van der Waals surface area contributed by atoms with Crippen LogP contribution in [-0.2, 0) is 6.42 Å². The van der Waals surface area contributed by atoms with Crippen molar-refractivity contribution >= 4 is 5.57 Å². The molecule has 0 bridgehead atoms. The van der Waals surface area contributed by atoms with E-state index in [1.807, 2.05) is 0 Å². The first kappa shape index (κ1) is 19.2. The molecular weight excluding hydrogens is 348 g/mol. The van der Waals surface area contributed by atoms with E-state index < -0.39 is 0 Å². The van der Waals surface area contributed by atoms with Crippen LogP contribution >= 0.6 is 0 Å². The summed E-state index contributed by atoms with van der Waals surface area (Å²) in [6.07, 6.45) is 1.05. The van der Waals surface area contributed by atoms with E-state index in [4.69, 9.17) is 0 Å². The van der Waals surface area contributed by atoms with E-state index in [9.17, 15) is 0 Å². The van der Waals surface area contributed by atoms with Gasteiger partial charge in [0.15, 0.2) is 0 Å². The van der Waals surface area contributed by atoms with Crippen molar-refractivity contribution in [3.05, 3.63) is 137 Å². The molecule has 0 N–H and O–H groups in total. The molecule has 3 aromatic carbocycles. The van der Waals surface area contributed by atoms with Gasteiger partial charge in [-0.25, -0.2) is 0 Å². The van der Waals surface area contributed by atoms with Crippen molar-refractivity contribution in [2.24, 2.45) is 0 Å². The van der Waals surface area contributed by atoms with Gasteiger partial charge in [-0.15, -0.1) is 0 Å². The van der Waals surface area contributed by atoms with Crippen LogP contribution in [0.2, 0.25) is 0 Å². The zero-order chi connectivity index (χ0) is 20.4. The Morgan fingerprint density at radius 3 is 1.90 bits per heavy atom. The number of benzene rings is 3. The van der Waals surface area contributed by atoms with Crippen molar-refractivity contribution in [2.45, 2.75) is 32.1 Å². The smallest absolute Gasteiger partial charge is 0.0207 e. The molecule has 0 spiro atoms. The second kappa shape index (κ2) is 8.09. The van der Waals surface area contributed by atoms with Crippen molar-refractivity contribution in [1.29, 1.82) is 0 Å². The second-order valence-electron chi connectivity index (χ2n) is 7.87. The molecule has 4 rings (SSSR count). The summed E-state index contributed by atoms with van der Waals surface area (Å²) < 4.78 is 0. The molecule has 0 saturated carbocycles. The van der Waals surface area contributed by atoms with Gasteiger partial charge in [0.05, 0.1) is 0 Å². The number of aryl methyl sites for hydroxylation is 1. The highest BCUT2D eigenvalue weighted by Gasteiger charge is 2.39. The van der Waals surface area contributed by atoms with Crippen molar-refractivity contribution in [3.8, 4) is 0 Å². The van der Waals surface area contributed by atoms with Gasteiger partial charge in [-0.2, -0.15) is 0 Å². The van der Waals surface area contributed by atoms with Gasteiger partial charge >= 0.3 is 0 Å². The van der Waals surface area contributed by atoms with E-state index in [2.05, 4.69) is 112 Å². The maximum atomic E-state index is 4.53. The van der Waals surface area contributed by atoms with Gasteiger partial charge in [0.1, 0.15) is 0 Å². The SMILES string of the molecule is C=C(C1=C(C)C(=C)C(c2ccccc2)C1c1ccc(CC)cc1)c1ccccc1. The molecule has 0 aliphatic heterocycles. The van der Waals surface area contributed by atoms with Gasteiger partial charge in [-0.1, -0.05) is 105 Å². The van der Waals surface area contributed by atoms with E-state index in [0.29, 0.717) is 0 Å². The fraction of sp³-hybridized carbons (Fsp3) is 0.172. The third kappa shape index (κ3) is 3.51. The van der Waals surface area contributed by atoms with Gasteiger partial charge < -0.3 is 0 Å². The molecule has 29 heavy (non-hydrogen) atoms. The Morgan fingerprint density at radius 2 is 1.31 bits per heavy atom. The molecule has 2 atom stereocenters. The predicted molar refractivity (Wildman–Crippen MR) is 125 cm³/mol. The molecule has 0 nitrogen and oxygen atoms in total. The van der Waals surface area contributed by atoms with E-state index in [-0.39, 0.29) is 11.8 Å². The summed E-state index contributed by atoms with van der Waals surface area (Å²) in [6, 6.07) is 30.4. The molecule has 2 unspecified atom stereocenters. The molecule has 1 aliphatic rings. The van der Waals surface area contributed by atoms with E-state index in [0.717, 1.165) is 12.0 Å². The first-order valence-corrected chi connectivity index (χ1v) is 10.4. The Bertz CT molecular complexity index is 1050. The summed E-state index contributed by atoms with van der Waals surface area (Å²) in [6.45, 7) is 13.5. The largest absolute Gasteiger partial charge is 0.0949 e. The molecule has 0 amide bonds. The average Bonchev–Trinajstić information content (AvgIpc) is 3.05. The highest BCUT2D eigenvalue weighted by molar-refractivity contribution is 5.84. The predicted octanol–water partition coefficient (Wildman–Crippen LogP) is 7.72. The first-order chi connectivity index (χ1) is 14.1. The van der Waals surface area contributed by atoms with Crippen molar-refractivity contribution < 1.29 is 0 Å². The lowest BCUT2D eigenvalue weighted by atomic mass is 9.77. The fourth-order valence-electron chi connectivity index (χ4n) is 4.59. The monoisotopic (exact) mass is 376 g/mol. The minimum absolute atomic E-state index is 0.225. The lowest BCUT2D eigenvalue weighted by Gasteiger charge is -2.26. The van der Waals surface area contributed by atoms with Crippen LogP contribution in [0.25, 0.3) is 5.57 Å². The van der Waals surface area contributed by atoms with Crippen molar-refractivity contribution in [1.82, 2.24) is 0 Å². The molecule has 0 aromatic heterocycles. The normalized spacial score (nSPS) is 18.9. The van der Waals surface area contributed by atoms with Gasteiger partial charge in [0.2, 0.25) is 0 Å². The van der Waals surface area contributed by atoms with Crippen LogP contribution in [0, 0.1) is 0 Å². The lowest BCUT2D eigenvalue weighted by Crippen LogP contribution is -2.10. The van der Waals surface area contributed by atoms with Crippen LogP contribution < -0.4 is 0 Å². The van der Waals surface area contributed by atoms with Crippen LogP contribution in [0.3, 0.4) is 0 Å². The molecule has 0 radical (unpaired) electrons. The highest BCUT2D eigenvalue weighted by Crippen LogP contribution is 2.55. The minimum Gasteiger partial charge on any atom is -0.0949 e. The van der Waals surface area contributed by atoms with Crippen LogP contribution in [0.4, 0.5) is 0 Å². The molecule has 3 aromatic rings. The number of hydrogen-bond donors (Lipinski definition) is 0. The van der Waals surface area contributed by atoms with E-state index in [1.165, 1.54) is 39.0 Å². The Labute approximate surface area is 174 Å². The minimum atomic E-state index is 0.225. The third-order valence-electron chi connectivity index (χ3n) is 6.26. The highest BCUT2D eigenvalue weighted by atomic mass is 14.4. The summed E-state index contributed by atoms with van der Waals surface area (Å²) in [5, 5.41) is 0. The topological polar surface area (TPSA) is 0 Å². The number of allylic oxidation sites excluding steroid dienone is 4. The standard InChI is InChI=1S/C29H28/c1-5-23-16-18-26(19-17-23)29-27(22(4)24-12-8-6-9-13-24)20(2)21(3)28(29)25-14-10-7-11-15-25/h6-19,28-29H,3-5H2,1-2H3. The maximum absolute atomic E-state index is 4.53. The van der Waals surface area contributed by atoms with Gasteiger partial charge in [-0.05, 0) is 57.9 Å². The van der Waals surface area contributed by atoms with Crippen molar-refractivity contribution in [2.75, 3.05) is 0 Å². The Kier molecular flexibility index (Phi) is 5.36. The summed E-state index contributed by atoms with van der Waals surface area (Å²) in [5.74, 6) is 0.461. The van der Waals surface area contributed by atoms with Crippen LogP contribution in [0.5, 0.6) is 0 Å². The summed E-state index contributed by atoms with van der Waals surface area (Å²) in [7, 11) is 0. The Morgan fingerprint density at radius 1 is 0.759 bits per heavy atom. The third-order valence-corrected chi connectivity index (χ3v) is 6.26. The van der Waals surface area contributed by atoms with E-state index in [1.54, 1.807) is 0 Å². The molecule has 0 fully saturated rings. The van der Waals surface area contributed by atoms with Crippen molar-refractivity contribution in [3.63, 3.8) is 0 Å². The van der Waals surface area contributed by atoms with Crippen LogP contribution in [0.1, 0.15) is 47.9 Å². The first-order valence-electron chi connectivity index (χ1n) is 10.4. The molecular formula is C29H28.